The van der Waals surface area contributed by atoms with Crippen molar-refractivity contribution >= 4 is 5.71 Å². The van der Waals surface area contributed by atoms with Crippen molar-refractivity contribution in [2.24, 2.45) is 5.16 Å². The van der Waals surface area contributed by atoms with Crippen molar-refractivity contribution in [3.63, 3.8) is 0 Å². The molecule has 1 N–H and O–H groups in total. The van der Waals surface area contributed by atoms with Gasteiger partial charge in [0.15, 0.2) is 0 Å². The van der Waals surface area contributed by atoms with Crippen LogP contribution in [0, 0.1) is 13.8 Å². The third-order valence-corrected chi connectivity index (χ3v) is 2.99. The van der Waals surface area contributed by atoms with E-state index in [0.717, 1.165) is 22.4 Å². The van der Waals surface area contributed by atoms with Crippen molar-refractivity contribution in [2.45, 2.75) is 13.8 Å². The van der Waals surface area contributed by atoms with E-state index >= 15 is 0 Å². The molecule has 2 aromatic carbocycles. The van der Waals surface area contributed by atoms with Gasteiger partial charge in [-0.05, 0) is 25.0 Å². The quantitative estimate of drug-likeness (QED) is 0.515. The van der Waals surface area contributed by atoms with Crippen LogP contribution in [0.1, 0.15) is 16.7 Å². The molecule has 0 saturated heterocycles. The van der Waals surface area contributed by atoms with Gasteiger partial charge in [0.2, 0.25) is 0 Å². The maximum atomic E-state index is 9.10. The van der Waals surface area contributed by atoms with E-state index in [1.54, 1.807) is 0 Å². The topological polar surface area (TPSA) is 41.8 Å². The van der Waals surface area contributed by atoms with Gasteiger partial charge in [-0.2, -0.15) is 0 Å². The lowest BCUT2D eigenvalue weighted by Gasteiger charge is -2.12. The summed E-state index contributed by atoms with van der Waals surface area (Å²) in [7, 11) is 0. The molecule has 0 aliphatic rings. The van der Waals surface area contributed by atoms with Gasteiger partial charge in [0.05, 0.1) is 0 Å². The van der Waals surface area contributed by atoms with Gasteiger partial charge >= 0.3 is 0 Å². The maximum Gasteiger partial charge on any atom is 0.134 e. The zero-order valence-electron chi connectivity index (χ0n) is 11.1. The molecule has 0 bridgehead atoms. The van der Waals surface area contributed by atoms with Crippen molar-refractivity contribution in [1.82, 2.24) is 0 Å². The average molecular weight is 255 g/mol. The van der Waals surface area contributed by atoms with Gasteiger partial charge in [0.1, 0.15) is 18.1 Å². The monoisotopic (exact) mass is 255 g/mol. The Labute approximate surface area is 113 Å². The lowest BCUT2D eigenvalue weighted by Crippen LogP contribution is -2.14. The lowest BCUT2D eigenvalue weighted by molar-refractivity contribution is 0.307. The van der Waals surface area contributed by atoms with E-state index in [4.69, 9.17) is 9.94 Å². The van der Waals surface area contributed by atoms with Gasteiger partial charge in [-0.15, -0.1) is 0 Å². The van der Waals surface area contributed by atoms with Crippen LogP contribution in [-0.4, -0.2) is 17.5 Å². The number of para-hydroxylation sites is 1. The molecule has 3 heteroatoms. The Morgan fingerprint density at radius 2 is 1.63 bits per heavy atom. The third kappa shape index (κ3) is 3.13. The molecule has 0 heterocycles. The Hall–Kier alpha value is -2.29. The normalized spacial score (nSPS) is 11.4. The minimum absolute atomic E-state index is 0.242. The number of hydrogen-bond acceptors (Lipinski definition) is 3. The number of nitrogens with zero attached hydrogens (tertiary/aromatic N) is 1. The first-order chi connectivity index (χ1) is 9.22. The highest BCUT2D eigenvalue weighted by Gasteiger charge is 2.08. The first-order valence-corrected chi connectivity index (χ1v) is 6.17. The Balaban J connectivity index is 2.14. The van der Waals surface area contributed by atoms with Crippen molar-refractivity contribution in [2.75, 3.05) is 6.61 Å². The number of rotatable bonds is 4. The van der Waals surface area contributed by atoms with Crippen molar-refractivity contribution in [1.29, 1.82) is 0 Å². The molecule has 0 aromatic heterocycles. The Morgan fingerprint density at radius 3 is 2.21 bits per heavy atom. The van der Waals surface area contributed by atoms with Crippen LogP contribution in [0.15, 0.2) is 53.7 Å². The number of oxime groups is 1. The van der Waals surface area contributed by atoms with Crippen LogP contribution < -0.4 is 4.74 Å². The Bertz CT molecular complexity index is 556. The molecule has 2 rings (SSSR count). The molecule has 0 radical (unpaired) electrons. The first kappa shape index (κ1) is 13.1. The highest BCUT2D eigenvalue weighted by atomic mass is 16.5. The molecule has 19 heavy (non-hydrogen) atoms. The average Bonchev–Trinajstić information content (AvgIpc) is 2.43. The highest BCUT2D eigenvalue weighted by Crippen LogP contribution is 2.22. The summed E-state index contributed by atoms with van der Waals surface area (Å²) in [6.45, 7) is 4.24. The fourth-order valence-electron chi connectivity index (χ4n) is 1.97. The predicted molar refractivity (Wildman–Crippen MR) is 76.2 cm³/mol. The summed E-state index contributed by atoms with van der Waals surface area (Å²) in [4.78, 5) is 0. The van der Waals surface area contributed by atoms with Crippen LogP contribution in [0.4, 0.5) is 0 Å². The van der Waals surface area contributed by atoms with E-state index in [-0.39, 0.29) is 6.61 Å². The second kappa shape index (κ2) is 6.05. The lowest BCUT2D eigenvalue weighted by atomic mass is 10.1. The number of aryl methyl sites for hydroxylation is 2. The van der Waals surface area contributed by atoms with E-state index in [1.165, 1.54) is 0 Å². The second-order valence-electron chi connectivity index (χ2n) is 4.42. The van der Waals surface area contributed by atoms with Gasteiger partial charge in [-0.25, -0.2) is 0 Å². The second-order valence-corrected chi connectivity index (χ2v) is 4.42. The van der Waals surface area contributed by atoms with Crippen LogP contribution in [0.25, 0.3) is 0 Å². The molecule has 0 spiro atoms. The first-order valence-electron chi connectivity index (χ1n) is 6.17. The largest absolute Gasteiger partial charge is 0.487 e. The third-order valence-electron chi connectivity index (χ3n) is 2.99. The van der Waals surface area contributed by atoms with Crippen LogP contribution in [0.3, 0.4) is 0 Å². The fourth-order valence-corrected chi connectivity index (χ4v) is 1.97. The smallest absolute Gasteiger partial charge is 0.134 e. The number of hydrogen-bond donors (Lipinski definition) is 1. The van der Waals surface area contributed by atoms with E-state index in [0.29, 0.717) is 5.71 Å². The fraction of sp³-hybridized carbons (Fsp3) is 0.188. The SMILES string of the molecule is Cc1cccc(C)c1OC/C(=N/O)c1ccccc1. The maximum absolute atomic E-state index is 9.10. The molecule has 2 aromatic rings. The molecule has 0 amide bonds. The molecule has 0 aliphatic heterocycles. The minimum Gasteiger partial charge on any atom is -0.487 e. The molecular weight excluding hydrogens is 238 g/mol. The summed E-state index contributed by atoms with van der Waals surface area (Å²) in [6.07, 6.45) is 0. The Morgan fingerprint density at radius 1 is 1.00 bits per heavy atom. The summed E-state index contributed by atoms with van der Waals surface area (Å²) < 4.78 is 5.78. The predicted octanol–water partition coefficient (Wildman–Crippen LogP) is 3.56. The van der Waals surface area contributed by atoms with Crippen LogP contribution in [0.2, 0.25) is 0 Å². The molecule has 3 nitrogen and oxygen atoms in total. The summed E-state index contributed by atoms with van der Waals surface area (Å²) in [6, 6.07) is 15.5. The number of ether oxygens (including phenoxy) is 1. The summed E-state index contributed by atoms with van der Waals surface area (Å²) in [5.41, 5.74) is 3.52. The van der Waals surface area contributed by atoms with Gasteiger partial charge in [0, 0.05) is 5.56 Å². The summed E-state index contributed by atoms with van der Waals surface area (Å²) >= 11 is 0. The Kier molecular flexibility index (Phi) is 4.18. The molecule has 0 aliphatic carbocycles. The summed E-state index contributed by atoms with van der Waals surface area (Å²) in [5.74, 6) is 0.847. The van der Waals surface area contributed by atoms with Crippen molar-refractivity contribution in [3.05, 3.63) is 65.2 Å². The number of benzene rings is 2. The van der Waals surface area contributed by atoms with Crippen LogP contribution in [0.5, 0.6) is 5.75 Å². The van der Waals surface area contributed by atoms with Crippen molar-refractivity contribution in [3.8, 4) is 5.75 Å². The van der Waals surface area contributed by atoms with Crippen LogP contribution in [-0.2, 0) is 0 Å². The van der Waals surface area contributed by atoms with Gasteiger partial charge in [-0.1, -0.05) is 53.7 Å². The van der Waals surface area contributed by atoms with Crippen LogP contribution >= 0.6 is 0 Å². The zero-order valence-corrected chi connectivity index (χ0v) is 11.1. The van der Waals surface area contributed by atoms with E-state index in [2.05, 4.69) is 5.16 Å². The molecule has 98 valence electrons. The molecule has 0 fully saturated rings. The standard InChI is InChI=1S/C16H17NO2/c1-12-7-6-8-13(2)16(12)19-11-15(17-18)14-9-4-3-5-10-14/h3-10,18H,11H2,1-2H3/b17-15-. The van der Waals surface area contributed by atoms with Gasteiger partial charge < -0.3 is 9.94 Å². The van der Waals surface area contributed by atoms with Crippen molar-refractivity contribution < 1.29 is 9.94 Å². The van der Waals surface area contributed by atoms with Gasteiger partial charge in [0.25, 0.3) is 0 Å². The van der Waals surface area contributed by atoms with Gasteiger partial charge in [-0.3, -0.25) is 0 Å². The molecule has 0 atom stereocenters. The highest BCUT2D eigenvalue weighted by molar-refractivity contribution is 6.01. The molecule has 0 saturated carbocycles. The minimum atomic E-state index is 0.242. The van der Waals surface area contributed by atoms with E-state index < -0.39 is 0 Å². The summed E-state index contributed by atoms with van der Waals surface area (Å²) in [5, 5.41) is 12.4. The molecular formula is C16H17NO2. The van der Waals surface area contributed by atoms with E-state index in [1.807, 2.05) is 62.4 Å². The van der Waals surface area contributed by atoms with E-state index in [9.17, 15) is 0 Å². The molecule has 0 unspecified atom stereocenters. The zero-order chi connectivity index (χ0) is 13.7.